The Morgan fingerprint density at radius 2 is 1.80 bits per heavy atom. The van der Waals surface area contributed by atoms with Crippen molar-refractivity contribution in [3.05, 3.63) is 59.7 Å². The highest BCUT2D eigenvalue weighted by Gasteiger charge is 2.31. The van der Waals surface area contributed by atoms with Gasteiger partial charge in [-0.3, -0.25) is 4.79 Å². The number of esters is 1. The average Bonchev–Trinajstić information content (AvgIpc) is 3.32. The van der Waals surface area contributed by atoms with E-state index in [2.05, 4.69) is 5.32 Å². The van der Waals surface area contributed by atoms with Crippen molar-refractivity contribution in [1.82, 2.24) is 5.32 Å². The van der Waals surface area contributed by atoms with E-state index >= 15 is 0 Å². The molecule has 4 rings (SSSR count). The fraction of sp³-hybridized carbons (Fsp3) is 0.263. The third-order valence-electron chi connectivity index (χ3n) is 4.10. The maximum Gasteiger partial charge on any atom is 0.339 e. The number of fused-ring (bicyclic) bond motifs is 1. The van der Waals surface area contributed by atoms with E-state index < -0.39 is 12.1 Å². The van der Waals surface area contributed by atoms with Gasteiger partial charge >= 0.3 is 5.97 Å². The first-order chi connectivity index (χ1) is 12.2. The molecule has 2 aromatic rings. The Hall–Kier alpha value is -3.02. The van der Waals surface area contributed by atoms with Gasteiger partial charge in [0.15, 0.2) is 11.5 Å². The van der Waals surface area contributed by atoms with Crippen LogP contribution in [0.2, 0.25) is 0 Å². The van der Waals surface area contributed by atoms with Gasteiger partial charge in [0.1, 0.15) is 0 Å². The molecule has 1 heterocycles. The van der Waals surface area contributed by atoms with Crippen LogP contribution in [-0.2, 0) is 9.53 Å². The van der Waals surface area contributed by atoms with Crippen LogP contribution in [0.25, 0.3) is 0 Å². The van der Waals surface area contributed by atoms with Crippen LogP contribution in [0.15, 0.2) is 48.5 Å². The van der Waals surface area contributed by atoms with Crippen molar-refractivity contribution in [3.63, 3.8) is 0 Å². The Kier molecular flexibility index (Phi) is 4.01. The molecule has 128 valence electrons. The van der Waals surface area contributed by atoms with Crippen molar-refractivity contribution in [3.8, 4) is 11.5 Å². The number of nitrogens with one attached hydrogen (secondary N) is 1. The van der Waals surface area contributed by atoms with E-state index in [0.29, 0.717) is 22.6 Å². The van der Waals surface area contributed by atoms with Crippen LogP contribution in [0.3, 0.4) is 0 Å². The molecule has 1 saturated carbocycles. The predicted molar refractivity (Wildman–Crippen MR) is 88.3 cm³/mol. The number of hydrogen-bond acceptors (Lipinski definition) is 5. The topological polar surface area (TPSA) is 73.9 Å². The van der Waals surface area contributed by atoms with Crippen LogP contribution in [0.4, 0.5) is 0 Å². The fourth-order valence-corrected chi connectivity index (χ4v) is 2.60. The summed E-state index contributed by atoms with van der Waals surface area (Å²) in [5.74, 6) is 0.191. The van der Waals surface area contributed by atoms with Crippen molar-refractivity contribution in [2.45, 2.75) is 25.0 Å². The molecule has 1 atom stereocenters. The number of benzene rings is 2. The first kappa shape index (κ1) is 15.5. The molecule has 1 fully saturated rings. The predicted octanol–water partition coefficient (Wildman–Crippen LogP) is 2.59. The van der Waals surface area contributed by atoms with Gasteiger partial charge in [-0.05, 0) is 31.0 Å². The van der Waals surface area contributed by atoms with Gasteiger partial charge in [0.25, 0.3) is 5.91 Å². The highest BCUT2D eigenvalue weighted by Crippen LogP contribution is 2.33. The molecule has 2 aliphatic rings. The second-order valence-corrected chi connectivity index (χ2v) is 6.05. The van der Waals surface area contributed by atoms with Crippen molar-refractivity contribution < 1.29 is 23.8 Å². The van der Waals surface area contributed by atoms with Crippen LogP contribution >= 0.6 is 0 Å². The summed E-state index contributed by atoms with van der Waals surface area (Å²) in [4.78, 5) is 25.1. The summed E-state index contributed by atoms with van der Waals surface area (Å²) in [6.07, 6.45) is 0.937. The first-order valence-electron chi connectivity index (χ1n) is 8.16. The fourth-order valence-electron chi connectivity index (χ4n) is 2.60. The van der Waals surface area contributed by atoms with Gasteiger partial charge in [-0.2, -0.15) is 0 Å². The zero-order valence-electron chi connectivity index (χ0n) is 13.4. The summed E-state index contributed by atoms with van der Waals surface area (Å²) in [7, 11) is 0. The zero-order valence-corrected chi connectivity index (χ0v) is 13.4. The summed E-state index contributed by atoms with van der Waals surface area (Å²) in [6, 6.07) is 14.0. The molecular formula is C19H17NO5. The van der Waals surface area contributed by atoms with Crippen molar-refractivity contribution in [2.24, 2.45) is 0 Å². The molecule has 6 heteroatoms. The van der Waals surface area contributed by atoms with Gasteiger partial charge in [0, 0.05) is 11.6 Å². The molecule has 0 radical (unpaired) electrons. The van der Waals surface area contributed by atoms with E-state index in [9.17, 15) is 9.59 Å². The van der Waals surface area contributed by atoms with Gasteiger partial charge in [-0.1, -0.05) is 30.3 Å². The summed E-state index contributed by atoms with van der Waals surface area (Å²) < 4.78 is 16.0. The lowest BCUT2D eigenvalue weighted by molar-refractivity contribution is -0.130. The molecule has 1 amide bonds. The van der Waals surface area contributed by atoms with E-state index in [1.807, 2.05) is 6.07 Å². The van der Waals surface area contributed by atoms with Gasteiger partial charge in [0.2, 0.25) is 12.9 Å². The van der Waals surface area contributed by atoms with Crippen molar-refractivity contribution in [2.75, 3.05) is 6.79 Å². The number of hydrogen-bond donors (Lipinski definition) is 1. The average molecular weight is 339 g/mol. The number of amides is 1. The van der Waals surface area contributed by atoms with Gasteiger partial charge in [-0.25, -0.2) is 4.79 Å². The largest absolute Gasteiger partial charge is 0.454 e. The molecule has 1 aliphatic carbocycles. The molecule has 0 saturated heterocycles. The Balaban J connectivity index is 1.55. The molecule has 0 spiro atoms. The number of carbonyl (C=O) groups excluding carboxylic acids is 2. The highest BCUT2D eigenvalue weighted by molar-refractivity contribution is 5.93. The number of rotatable bonds is 5. The molecule has 0 unspecified atom stereocenters. The Morgan fingerprint density at radius 3 is 2.56 bits per heavy atom. The molecule has 1 N–H and O–H groups in total. The van der Waals surface area contributed by atoms with Crippen LogP contribution < -0.4 is 14.8 Å². The molecular weight excluding hydrogens is 322 g/mol. The summed E-state index contributed by atoms with van der Waals surface area (Å²) in [5.41, 5.74) is 0.944. The SMILES string of the molecule is O=C(O[C@@H](C(=O)NC1CC1)c1ccccc1)c1ccc2c(c1)OCO2. The molecule has 6 nitrogen and oxygen atoms in total. The van der Waals surface area contributed by atoms with E-state index in [-0.39, 0.29) is 18.7 Å². The number of carbonyl (C=O) groups is 2. The second-order valence-electron chi connectivity index (χ2n) is 6.05. The van der Waals surface area contributed by atoms with E-state index in [0.717, 1.165) is 12.8 Å². The lowest BCUT2D eigenvalue weighted by Gasteiger charge is -2.18. The Bertz CT molecular complexity index is 801. The maximum absolute atomic E-state index is 12.5. The molecule has 0 aromatic heterocycles. The quantitative estimate of drug-likeness (QED) is 0.848. The third-order valence-corrected chi connectivity index (χ3v) is 4.10. The summed E-state index contributed by atoms with van der Waals surface area (Å²) in [6.45, 7) is 0.129. The molecule has 25 heavy (non-hydrogen) atoms. The van der Waals surface area contributed by atoms with E-state index in [1.54, 1.807) is 42.5 Å². The molecule has 2 aromatic carbocycles. The van der Waals surface area contributed by atoms with Crippen molar-refractivity contribution in [1.29, 1.82) is 0 Å². The standard InChI is InChI=1S/C19H17NO5/c21-18(20-14-7-8-14)17(12-4-2-1-3-5-12)25-19(22)13-6-9-15-16(10-13)24-11-23-15/h1-6,9-10,14,17H,7-8,11H2,(H,20,21)/t17-/m1/s1. The normalized spacial score (nSPS) is 16.2. The van der Waals surface area contributed by atoms with Crippen LogP contribution in [0.5, 0.6) is 11.5 Å². The summed E-state index contributed by atoms with van der Waals surface area (Å²) >= 11 is 0. The Labute approximate surface area is 144 Å². The van der Waals surface area contributed by atoms with Gasteiger partial charge in [0.05, 0.1) is 5.56 Å². The van der Waals surface area contributed by atoms with Gasteiger partial charge in [-0.15, -0.1) is 0 Å². The Morgan fingerprint density at radius 1 is 1.04 bits per heavy atom. The molecule has 0 bridgehead atoms. The highest BCUT2D eigenvalue weighted by atomic mass is 16.7. The lowest BCUT2D eigenvalue weighted by atomic mass is 10.1. The minimum absolute atomic E-state index is 0.129. The minimum Gasteiger partial charge on any atom is -0.454 e. The monoisotopic (exact) mass is 339 g/mol. The lowest BCUT2D eigenvalue weighted by Crippen LogP contribution is -2.33. The van der Waals surface area contributed by atoms with Crippen LogP contribution in [-0.4, -0.2) is 24.7 Å². The first-order valence-corrected chi connectivity index (χ1v) is 8.16. The maximum atomic E-state index is 12.5. The third kappa shape index (κ3) is 3.42. The zero-order chi connectivity index (χ0) is 17.2. The van der Waals surface area contributed by atoms with Gasteiger partial charge < -0.3 is 19.5 Å². The van der Waals surface area contributed by atoms with Crippen molar-refractivity contribution >= 4 is 11.9 Å². The summed E-state index contributed by atoms with van der Waals surface area (Å²) in [5, 5.41) is 2.89. The minimum atomic E-state index is -0.986. The number of ether oxygens (including phenoxy) is 3. The van der Waals surface area contributed by atoms with Crippen LogP contribution in [0.1, 0.15) is 34.9 Å². The molecule has 1 aliphatic heterocycles. The smallest absolute Gasteiger partial charge is 0.339 e. The van der Waals surface area contributed by atoms with E-state index in [4.69, 9.17) is 14.2 Å². The van der Waals surface area contributed by atoms with Crippen LogP contribution in [0, 0.1) is 0 Å². The second kappa shape index (κ2) is 6.47. The van der Waals surface area contributed by atoms with E-state index in [1.165, 1.54) is 0 Å².